The fraction of sp³-hybridized carbons (Fsp3) is 0.227. The standard InChI is InChI=1S/C22H21N7O5/c1-31-12-6-8-14(32-2)13(10-12)20-17-18(11-5-7-15(33-3)16(9-11)34-4)24-25-21(30)19(17)23-22-26-27-28-29(20)22/h5-10,20H,1-4H3,(H,25,30)(H,23,26,28). The van der Waals surface area contributed by atoms with Gasteiger partial charge >= 0.3 is 0 Å². The van der Waals surface area contributed by atoms with Gasteiger partial charge in [-0.3, -0.25) is 4.79 Å². The topological polar surface area (TPSA) is 138 Å². The zero-order valence-electron chi connectivity index (χ0n) is 18.8. The quantitative estimate of drug-likeness (QED) is 0.385. The molecule has 12 heteroatoms. The lowest BCUT2D eigenvalue weighted by atomic mass is 9.91. The Morgan fingerprint density at radius 3 is 2.41 bits per heavy atom. The number of nitrogens with zero attached hydrogens (tertiary/aromatic N) is 5. The Morgan fingerprint density at radius 2 is 1.68 bits per heavy atom. The first-order chi connectivity index (χ1) is 16.6. The second-order valence-electron chi connectivity index (χ2n) is 7.34. The van der Waals surface area contributed by atoms with Gasteiger partial charge in [0.1, 0.15) is 23.2 Å². The molecule has 1 unspecified atom stereocenters. The summed E-state index contributed by atoms with van der Waals surface area (Å²) in [6, 6.07) is 10.1. The van der Waals surface area contributed by atoms with Crippen LogP contribution in [0.25, 0.3) is 11.3 Å². The Morgan fingerprint density at radius 1 is 0.912 bits per heavy atom. The summed E-state index contributed by atoms with van der Waals surface area (Å²) in [6.45, 7) is 0. The van der Waals surface area contributed by atoms with E-state index in [-0.39, 0.29) is 5.69 Å². The van der Waals surface area contributed by atoms with Gasteiger partial charge in [0, 0.05) is 16.7 Å². The van der Waals surface area contributed by atoms with Gasteiger partial charge in [0.25, 0.3) is 5.56 Å². The van der Waals surface area contributed by atoms with Crippen LogP contribution in [0.15, 0.2) is 41.2 Å². The molecule has 0 radical (unpaired) electrons. The maximum atomic E-state index is 12.9. The second kappa shape index (κ2) is 8.39. The van der Waals surface area contributed by atoms with Crippen LogP contribution in [0.3, 0.4) is 0 Å². The SMILES string of the molecule is COc1ccc(OC)c(C2c3c(-c4ccc(OC)c(OC)c4)n[nH]c(=O)c3Nc3nnnn32)c1. The Hall–Kier alpha value is -4.61. The first-order valence-electron chi connectivity index (χ1n) is 10.2. The number of anilines is 2. The molecule has 34 heavy (non-hydrogen) atoms. The highest BCUT2D eigenvalue weighted by Crippen LogP contribution is 2.45. The van der Waals surface area contributed by atoms with Gasteiger partial charge in [-0.25, -0.2) is 5.10 Å². The fourth-order valence-corrected chi connectivity index (χ4v) is 4.08. The molecule has 0 aliphatic carbocycles. The van der Waals surface area contributed by atoms with E-state index in [2.05, 4.69) is 31.0 Å². The van der Waals surface area contributed by atoms with E-state index in [1.165, 1.54) is 0 Å². The van der Waals surface area contributed by atoms with Crippen LogP contribution in [0, 0.1) is 0 Å². The molecule has 2 aromatic heterocycles. The van der Waals surface area contributed by atoms with Crippen molar-refractivity contribution in [2.45, 2.75) is 6.04 Å². The predicted octanol–water partition coefficient (Wildman–Crippen LogP) is 2.15. The summed E-state index contributed by atoms with van der Waals surface area (Å²) in [5.74, 6) is 2.56. The third-order valence-corrected chi connectivity index (χ3v) is 5.66. The predicted molar refractivity (Wildman–Crippen MR) is 121 cm³/mol. The summed E-state index contributed by atoms with van der Waals surface area (Å²) in [5.41, 5.74) is 2.29. The molecule has 1 aliphatic heterocycles. The molecule has 1 aliphatic rings. The first-order valence-corrected chi connectivity index (χ1v) is 10.2. The van der Waals surface area contributed by atoms with E-state index in [1.807, 2.05) is 12.1 Å². The third kappa shape index (κ3) is 3.27. The highest BCUT2D eigenvalue weighted by molar-refractivity contribution is 5.77. The largest absolute Gasteiger partial charge is 0.497 e. The number of fused-ring (bicyclic) bond motifs is 2. The number of methoxy groups -OCH3 is 4. The summed E-state index contributed by atoms with van der Waals surface area (Å²) in [4.78, 5) is 12.9. The number of H-pyrrole nitrogens is 1. The van der Waals surface area contributed by atoms with E-state index in [0.717, 1.165) is 0 Å². The number of tetrazole rings is 1. The Balaban J connectivity index is 1.82. The van der Waals surface area contributed by atoms with Crippen LogP contribution in [-0.4, -0.2) is 58.8 Å². The van der Waals surface area contributed by atoms with Gasteiger partial charge in [0.05, 0.1) is 34.1 Å². The lowest BCUT2D eigenvalue weighted by Crippen LogP contribution is -2.29. The number of rotatable bonds is 6. The molecule has 2 aromatic carbocycles. The van der Waals surface area contributed by atoms with E-state index >= 15 is 0 Å². The molecule has 0 amide bonds. The first kappa shape index (κ1) is 21.2. The van der Waals surface area contributed by atoms with Crippen molar-refractivity contribution in [3.8, 4) is 34.3 Å². The van der Waals surface area contributed by atoms with Gasteiger partial charge in [0.2, 0.25) is 5.95 Å². The van der Waals surface area contributed by atoms with Gasteiger partial charge < -0.3 is 24.3 Å². The normalized spacial score (nSPS) is 13.9. The fourth-order valence-electron chi connectivity index (χ4n) is 4.08. The molecule has 3 heterocycles. The molecule has 0 spiro atoms. The molecule has 0 fully saturated rings. The molecule has 4 aromatic rings. The van der Waals surface area contributed by atoms with Crippen molar-refractivity contribution in [1.82, 2.24) is 30.4 Å². The summed E-state index contributed by atoms with van der Waals surface area (Å²) in [6.07, 6.45) is 0. The molecule has 12 nitrogen and oxygen atoms in total. The number of nitrogens with one attached hydrogen (secondary N) is 2. The number of aromatic amines is 1. The molecule has 2 N–H and O–H groups in total. The molecule has 5 rings (SSSR count). The second-order valence-corrected chi connectivity index (χ2v) is 7.34. The van der Waals surface area contributed by atoms with Crippen LogP contribution in [-0.2, 0) is 0 Å². The Kier molecular flexibility index (Phi) is 5.24. The minimum Gasteiger partial charge on any atom is -0.497 e. The molecule has 0 saturated carbocycles. The monoisotopic (exact) mass is 463 g/mol. The number of hydrogen-bond acceptors (Lipinski definition) is 10. The van der Waals surface area contributed by atoms with Crippen LogP contribution < -0.4 is 29.8 Å². The van der Waals surface area contributed by atoms with Crippen molar-refractivity contribution in [3.63, 3.8) is 0 Å². The van der Waals surface area contributed by atoms with Gasteiger partial charge in [0.15, 0.2) is 11.5 Å². The molecular formula is C22H21N7O5. The van der Waals surface area contributed by atoms with Crippen molar-refractivity contribution in [3.05, 3.63) is 57.9 Å². The summed E-state index contributed by atoms with van der Waals surface area (Å²) < 4.78 is 23.5. The molecule has 0 saturated heterocycles. The smallest absolute Gasteiger partial charge is 0.288 e. The highest BCUT2D eigenvalue weighted by atomic mass is 16.5. The zero-order chi connectivity index (χ0) is 23.8. The van der Waals surface area contributed by atoms with Gasteiger partial charge in [-0.05, 0) is 46.8 Å². The average Bonchev–Trinajstić information content (AvgIpc) is 3.35. The van der Waals surface area contributed by atoms with E-state index < -0.39 is 11.6 Å². The van der Waals surface area contributed by atoms with Crippen molar-refractivity contribution in [2.75, 3.05) is 33.8 Å². The minimum atomic E-state index is -0.649. The zero-order valence-corrected chi connectivity index (χ0v) is 18.8. The highest BCUT2D eigenvalue weighted by Gasteiger charge is 2.36. The average molecular weight is 463 g/mol. The summed E-state index contributed by atoms with van der Waals surface area (Å²) >= 11 is 0. The number of benzene rings is 2. The van der Waals surface area contributed by atoms with Gasteiger partial charge in [-0.1, -0.05) is 5.10 Å². The van der Waals surface area contributed by atoms with Gasteiger partial charge in [-0.15, -0.1) is 0 Å². The molecule has 174 valence electrons. The number of aromatic nitrogens is 6. The van der Waals surface area contributed by atoms with Crippen LogP contribution in [0.4, 0.5) is 11.6 Å². The van der Waals surface area contributed by atoms with Crippen molar-refractivity contribution >= 4 is 11.6 Å². The maximum Gasteiger partial charge on any atom is 0.288 e. The molecule has 0 bridgehead atoms. The Bertz CT molecular complexity index is 1430. The summed E-state index contributed by atoms with van der Waals surface area (Å²) in [7, 11) is 6.26. The molecule has 1 atom stereocenters. The van der Waals surface area contributed by atoms with Crippen LogP contribution in [0.5, 0.6) is 23.0 Å². The van der Waals surface area contributed by atoms with E-state index in [0.29, 0.717) is 51.3 Å². The van der Waals surface area contributed by atoms with E-state index in [4.69, 9.17) is 18.9 Å². The lowest BCUT2D eigenvalue weighted by molar-refractivity contribution is 0.355. The van der Waals surface area contributed by atoms with Crippen molar-refractivity contribution in [2.24, 2.45) is 0 Å². The maximum absolute atomic E-state index is 12.9. The van der Waals surface area contributed by atoms with Crippen LogP contribution in [0.2, 0.25) is 0 Å². The van der Waals surface area contributed by atoms with Crippen molar-refractivity contribution in [1.29, 1.82) is 0 Å². The molecular weight excluding hydrogens is 442 g/mol. The van der Waals surface area contributed by atoms with Crippen molar-refractivity contribution < 1.29 is 18.9 Å². The summed E-state index contributed by atoms with van der Waals surface area (Å²) in [5, 5.41) is 22.0. The third-order valence-electron chi connectivity index (χ3n) is 5.66. The van der Waals surface area contributed by atoms with Gasteiger partial charge in [-0.2, -0.15) is 9.78 Å². The number of hydrogen-bond donors (Lipinski definition) is 2. The van der Waals surface area contributed by atoms with Crippen LogP contribution >= 0.6 is 0 Å². The number of ether oxygens (including phenoxy) is 4. The van der Waals surface area contributed by atoms with E-state index in [1.54, 1.807) is 57.4 Å². The van der Waals surface area contributed by atoms with Crippen LogP contribution in [0.1, 0.15) is 17.2 Å². The Labute approximate surface area is 193 Å². The minimum absolute atomic E-state index is 0.275. The van der Waals surface area contributed by atoms with E-state index in [9.17, 15) is 4.79 Å². The lowest BCUT2D eigenvalue weighted by Gasteiger charge is -2.29.